The highest BCUT2D eigenvalue weighted by molar-refractivity contribution is 7.80. The Kier molecular flexibility index (Phi) is 5.22. The van der Waals surface area contributed by atoms with E-state index >= 15 is 0 Å². The molecule has 1 fully saturated rings. The van der Waals surface area contributed by atoms with E-state index in [1.165, 1.54) is 12.1 Å². The highest BCUT2D eigenvalue weighted by Crippen LogP contribution is 2.16. The Balaban J connectivity index is 2.19. The number of thiocarbonyl (C=S) groups is 1. The molecule has 2 rings (SSSR count). The predicted octanol–water partition coefficient (Wildman–Crippen LogP) is 0.407. The van der Waals surface area contributed by atoms with Crippen LogP contribution in [0.3, 0.4) is 0 Å². The number of hydrogen-bond donors (Lipinski definition) is 2. The number of halogens is 1. The van der Waals surface area contributed by atoms with Crippen LogP contribution >= 0.6 is 12.2 Å². The zero-order valence-electron chi connectivity index (χ0n) is 11.8. The van der Waals surface area contributed by atoms with Gasteiger partial charge in [-0.25, -0.2) is 4.39 Å². The number of carbonyl (C=O) groups excluding carboxylic acids is 1. The van der Waals surface area contributed by atoms with Crippen LogP contribution < -0.4 is 11.1 Å². The van der Waals surface area contributed by atoms with Crippen molar-refractivity contribution in [3.8, 4) is 0 Å². The van der Waals surface area contributed by atoms with Gasteiger partial charge in [0.05, 0.1) is 13.2 Å². The van der Waals surface area contributed by atoms with Gasteiger partial charge in [-0.1, -0.05) is 12.2 Å². The SMILES string of the molecule is CNC(=O)C1COCCN1Cc1cc(F)cc(C(N)=S)c1. The summed E-state index contributed by atoms with van der Waals surface area (Å²) in [4.78, 5) is 14.0. The van der Waals surface area contributed by atoms with Gasteiger partial charge in [0.1, 0.15) is 16.8 Å². The van der Waals surface area contributed by atoms with Gasteiger partial charge in [-0.3, -0.25) is 9.69 Å². The fraction of sp³-hybridized carbons (Fsp3) is 0.429. The summed E-state index contributed by atoms with van der Waals surface area (Å²) in [6.07, 6.45) is 0. The Hall–Kier alpha value is -1.57. The molecule has 21 heavy (non-hydrogen) atoms. The summed E-state index contributed by atoms with van der Waals surface area (Å²) in [5, 5.41) is 2.62. The predicted molar refractivity (Wildman–Crippen MR) is 81.4 cm³/mol. The normalized spacial score (nSPS) is 19.2. The molecule has 0 aliphatic carbocycles. The maximum atomic E-state index is 13.6. The second kappa shape index (κ2) is 6.93. The van der Waals surface area contributed by atoms with Crippen molar-refractivity contribution in [2.24, 2.45) is 5.73 Å². The van der Waals surface area contributed by atoms with Gasteiger partial charge in [-0.05, 0) is 23.8 Å². The molecule has 0 bridgehead atoms. The molecule has 1 aliphatic rings. The molecule has 1 atom stereocenters. The molecule has 1 aromatic rings. The molecule has 5 nitrogen and oxygen atoms in total. The Morgan fingerprint density at radius 3 is 3.00 bits per heavy atom. The number of nitrogens with zero attached hydrogens (tertiary/aromatic N) is 1. The standard InChI is InChI=1S/C14H18FN3O2S/c1-17-14(19)12-8-20-3-2-18(12)7-9-4-10(13(16)21)6-11(15)5-9/h4-6,12H,2-3,7-8H2,1H3,(H2,16,21)(H,17,19). The number of nitrogens with two attached hydrogens (primary N) is 1. The molecule has 3 N–H and O–H groups in total. The maximum absolute atomic E-state index is 13.6. The van der Waals surface area contributed by atoms with Gasteiger partial charge in [0, 0.05) is 25.7 Å². The first-order valence-electron chi connectivity index (χ1n) is 6.64. The molecule has 114 valence electrons. The number of rotatable bonds is 4. The molecule has 0 spiro atoms. The van der Waals surface area contributed by atoms with E-state index in [2.05, 4.69) is 5.32 Å². The lowest BCUT2D eigenvalue weighted by molar-refractivity contribution is -0.132. The fourth-order valence-electron chi connectivity index (χ4n) is 2.35. The van der Waals surface area contributed by atoms with Crippen LogP contribution in [-0.4, -0.2) is 48.6 Å². The Bertz CT molecular complexity index is 553. The summed E-state index contributed by atoms with van der Waals surface area (Å²) in [7, 11) is 1.59. The number of hydrogen-bond acceptors (Lipinski definition) is 4. The summed E-state index contributed by atoms with van der Waals surface area (Å²) in [5.74, 6) is -0.499. The fourth-order valence-corrected chi connectivity index (χ4v) is 2.47. The summed E-state index contributed by atoms with van der Waals surface area (Å²) >= 11 is 4.88. The number of ether oxygens (including phenoxy) is 1. The van der Waals surface area contributed by atoms with Gasteiger partial charge < -0.3 is 15.8 Å². The average Bonchev–Trinajstić information content (AvgIpc) is 2.46. The lowest BCUT2D eigenvalue weighted by Crippen LogP contribution is -2.52. The number of carbonyl (C=O) groups is 1. The third-order valence-corrected chi connectivity index (χ3v) is 3.65. The summed E-state index contributed by atoms with van der Waals surface area (Å²) in [6.45, 7) is 1.92. The topological polar surface area (TPSA) is 67.6 Å². The first-order chi connectivity index (χ1) is 10.0. The van der Waals surface area contributed by atoms with Gasteiger partial charge in [-0.2, -0.15) is 0 Å². The van der Waals surface area contributed by atoms with Crippen molar-refractivity contribution < 1.29 is 13.9 Å². The monoisotopic (exact) mass is 311 g/mol. The zero-order valence-corrected chi connectivity index (χ0v) is 12.6. The first-order valence-corrected chi connectivity index (χ1v) is 7.04. The quantitative estimate of drug-likeness (QED) is 0.788. The van der Waals surface area contributed by atoms with E-state index in [1.807, 2.05) is 4.90 Å². The van der Waals surface area contributed by atoms with Crippen LogP contribution in [-0.2, 0) is 16.1 Å². The van der Waals surface area contributed by atoms with Crippen molar-refractivity contribution in [2.75, 3.05) is 26.8 Å². The molecule has 0 saturated carbocycles. The molecular formula is C14H18FN3O2S. The van der Waals surface area contributed by atoms with E-state index < -0.39 is 0 Å². The second-order valence-corrected chi connectivity index (χ2v) is 5.33. The molecule has 1 unspecified atom stereocenters. The van der Waals surface area contributed by atoms with E-state index in [0.717, 1.165) is 5.56 Å². The summed E-state index contributed by atoms with van der Waals surface area (Å²) in [6, 6.07) is 4.11. The smallest absolute Gasteiger partial charge is 0.239 e. The third-order valence-electron chi connectivity index (χ3n) is 3.42. The molecule has 1 aromatic carbocycles. The van der Waals surface area contributed by atoms with Crippen molar-refractivity contribution in [1.82, 2.24) is 10.2 Å². The zero-order chi connectivity index (χ0) is 15.4. The van der Waals surface area contributed by atoms with Gasteiger partial charge in [0.2, 0.25) is 5.91 Å². The van der Waals surface area contributed by atoms with Crippen molar-refractivity contribution >= 4 is 23.1 Å². The molecular weight excluding hydrogens is 293 g/mol. The van der Waals surface area contributed by atoms with Crippen LogP contribution in [0.15, 0.2) is 18.2 Å². The van der Waals surface area contributed by atoms with Crippen LogP contribution in [0, 0.1) is 5.82 Å². The highest BCUT2D eigenvalue weighted by atomic mass is 32.1. The minimum Gasteiger partial charge on any atom is -0.389 e. The van der Waals surface area contributed by atoms with Gasteiger partial charge in [-0.15, -0.1) is 0 Å². The summed E-state index contributed by atoms with van der Waals surface area (Å²) in [5.41, 5.74) is 6.77. The number of likely N-dealkylation sites (N-methyl/N-ethyl adjacent to an activating group) is 1. The molecule has 0 aromatic heterocycles. The Labute approximate surface area is 128 Å². The van der Waals surface area contributed by atoms with E-state index in [-0.39, 0.29) is 22.8 Å². The van der Waals surface area contributed by atoms with Crippen LogP contribution in [0.2, 0.25) is 0 Å². The molecule has 1 aliphatic heterocycles. The molecule has 7 heteroatoms. The molecule has 1 saturated heterocycles. The Morgan fingerprint density at radius 1 is 1.57 bits per heavy atom. The molecule has 1 heterocycles. The number of nitrogens with one attached hydrogen (secondary N) is 1. The Morgan fingerprint density at radius 2 is 2.33 bits per heavy atom. The lowest BCUT2D eigenvalue weighted by Gasteiger charge is -2.34. The molecule has 0 radical (unpaired) electrons. The minimum atomic E-state index is -0.389. The number of amides is 1. The van der Waals surface area contributed by atoms with Crippen LogP contribution in [0.5, 0.6) is 0 Å². The first kappa shape index (κ1) is 15.8. The van der Waals surface area contributed by atoms with Crippen LogP contribution in [0.1, 0.15) is 11.1 Å². The van der Waals surface area contributed by atoms with Crippen molar-refractivity contribution in [3.63, 3.8) is 0 Å². The van der Waals surface area contributed by atoms with Gasteiger partial charge >= 0.3 is 0 Å². The van der Waals surface area contributed by atoms with E-state index in [9.17, 15) is 9.18 Å². The molecule has 1 amide bonds. The third kappa shape index (κ3) is 3.96. The van der Waals surface area contributed by atoms with Gasteiger partial charge in [0.15, 0.2) is 0 Å². The van der Waals surface area contributed by atoms with Crippen LogP contribution in [0.4, 0.5) is 4.39 Å². The van der Waals surface area contributed by atoms with Crippen molar-refractivity contribution in [3.05, 3.63) is 35.1 Å². The van der Waals surface area contributed by atoms with E-state index in [4.69, 9.17) is 22.7 Å². The summed E-state index contributed by atoms with van der Waals surface area (Å²) < 4.78 is 19.0. The average molecular weight is 311 g/mol. The van der Waals surface area contributed by atoms with Crippen molar-refractivity contribution in [1.29, 1.82) is 0 Å². The maximum Gasteiger partial charge on any atom is 0.239 e. The van der Waals surface area contributed by atoms with Crippen molar-refractivity contribution in [2.45, 2.75) is 12.6 Å². The lowest BCUT2D eigenvalue weighted by atomic mass is 10.1. The largest absolute Gasteiger partial charge is 0.389 e. The number of morpholine rings is 1. The van der Waals surface area contributed by atoms with E-state index in [1.54, 1.807) is 13.1 Å². The minimum absolute atomic E-state index is 0.110. The highest BCUT2D eigenvalue weighted by Gasteiger charge is 2.28. The van der Waals surface area contributed by atoms with Gasteiger partial charge in [0.25, 0.3) is 0 Å². The second-order valence-electron chi connectivity index (χ2n) is 4.89. The van der Waals surface area contributed by atoms with Crippen LogP contribution in [0.25, 0.3) is 0 Å². The number of benzene rings is 1. The van der Waals surface area contributed by atoms with E-state index in [0.29, 0.717) is 31.9 Å².